The van der Waals surface area contributed by atoms with E-state index in [0.29, 0.717) is 36.5 Å². The summed E-state index contributed by atoms with van der Waals surface area (Å²) in [7, 11) is 3.14. The number of methoxy groups -OCH3 is 1. The number of nitrogens with one attached hydrogen (secondary N) is 1. The summed E-state index contributed by atoms with van der Waals surface area (Å²) in [5, 5.41) is 11.4. The molecule has 1 aromatic carbocycles. The van der Waals surface area contributed by atoms with Gasteiger partial charge in [-0.05, 0) is 18.6 Å². The number of benzene rings is 1. The van der Waals surface area contributed by atoms with Crippen LogP contribution in [0.3, 0.4) is 0 Å². The van der Waals surface area contributed by atoms with Gasteiger partial charge in [0, 0.05) is 19.5 Å². The van der Waals surface area contributed by atoms with E-state index in [0.717, 1.165) is 0 Å². The summed E-state index contributed by atoms with van der Waals surface area (Å²) in [5.74, 6) is 1.14. The minimum Gasteiger partial charge on any atom is -0.497 e. The van der Waals surface area contributed by atoms with Crippen LogP contribution in [0.15, 0.2) is 18.2 Å². The average Bonchev–Trinajstić information content (AvgIpc) is 2.42. The molecule has 96 valence electrons. The maximum atomic E-state index is 11.0. The molecule has 0 unspecified atom stereocenters. The average molecular weight is 248 g/mol. The standard InChI is InChI=1S/C13H16N2O3/c1-15-13(16)4-3-5-18-12-7-10(9-14)6-11(8-12)17-2/h6-8H,3-5H2,1-2H3,(H,15,16). The number of rotatable bonds is 6. The lowest BCUT2D eigenvalue weighted by Crippen LogP contribution is -2.18. The zero-order valence-corrected chi connectivity index (χ0v) is 10.5. The van der Waals surface area contributed by atoms with E-state index >= 15 is 0 Å². The molecule has 0 saturated heterocycles. The van der Waals surface area contributed by atoms with Crippen molar-refractivity contribution in [2.75, 3.05) is 20.8 Å². The normalized spacial score (nSPS) is 9.39. The van der Waals surface area contributed by atoms with Gasteiger partial charge in [-0.15, -0.1) is 0 Å². The van der Waals surface area contributed by atoms with Crippen LogP contribution in [-0.4, -0.2) is 26.7 Å². The quantitative estimate of drug-likeness (QED) is 0.774. The number of carbonyl (C=O) groups is 1. The van der Waals surface area contributed by atoms with Crippen molar-refractivity contribution in [3.63, 3.8) is 0 Å². The smallest absolute Gasteiger partial charge is 0.219 e. The summed E-state index contributed by atoms with van der Waals surface area (Å²) >= 11 is 0. The molecule has 0 spiro atoms. The molecule has 18 heavy (non-hydrogen) atoms. The van der Waals surface area contributed by atoms with E-state index < -0.39 is 0 Å². The number of ether oxygens (including phenoxy) is 2. The zero-order valence-electron chi connectivity index (χ0n) is 10.5. The minimum atomic E-state index is -0.0121. The Morgan fingerprint density at radius 3 is 2.72 bits per heavy atom. The van der Waals surface area contributed by atoms with Crippen LogP contribution >= 0.6 is 0 Å². The van der Waals surface area contributed by atoms with E-state index in [2.05, 4.69) is 5.32 Å². The Labute approximate surface area is 106 Å². The molecule has 5 heteroatoms. The lowest BCUT2D eigenvalue weighted by Gasteiger charge is -2.08. The highest BCUT2D eigenvalue weighted by atomic mass is 16.5. The molecule has 1 amide bonds. The van der Waals surface area contributed by atoms with Crippen LogP contribution in [0.25, 0.3) is 0 Å². The largest absolute Gasteiger partial charge is 0.497 e. The van der Waals surface area contributed by atoms with Gasteiger partial charge in [-0.2, -0.15) is 5.26 Å². The summed E-state index contributed by atoms with van der Waals surface area (Å²) in [5.41, 5.74) is 0.482. The van der Waals surface area contributed by atoms with E-state index in [1.165, 1.54) is 7.11 Å². The van der Waals surface area contributed by atoms with Crippen molar-refractivity contribution in [1.29, 1.82) is 5.26 Å². The van der Waals surface area contributed by atoms with E-state index in [4.69, 9.17) is 14.7 Å². The van der Waals surface area contributed by atoms with Crippen LogP contribution in [0, 0.1) is 11.3 Å². The molecule has 0 heterocycles. The fourth-order valence-corrected chi connectivity index (χ4v) is 1.39. The fourth-order valence-electron chi connectivity index (χ4n) is 1.39. The first-order valence-corrected chi connectivity index (χ1v) is 5.62. The number of nitrogens with zero attached hydrogens (tertiary/aromatic N) is 1. The molecule has 1 N–H and O–H groups in total. The van der Waals surface area contributed by atoms with Crippen molar-refractivity contribution in [2.45, 2.75) is 12.8 Å². The van der Waals surface area contributed by atoms with Crippen LogP contribution in [-0.2, 0) is 4.79 Å². The molecule has 0 atom stereocenters. The molecule has 0 aliphatic carbocycles. The van der Waals surface area contributed by atoms with Crippen molar-refractivity contribution >= 4 is 5.91 Å². The number of carbonyl (C=O) groups excluding carboxylic acids is 1. The van der Waals surface area contributed by atoms with Crippen LogP contribution in [0.1, 0.15) is 18.4 Å². The molecule has 1 rings (SSSR count). The molecule has 5 nitrogen and oxygen atoms in total. The molecule has 0 saturated carbocycles. The van der Waals surface area contributed by atoms with Gasteiger partial charge in [-0.1, -0.05) is 0 Å². The molecular formula is C13H16N2O3. The Kier molecular flexibility index (Phi) is 5.52. The summed E-state index contributed by atoms with van der Waals surface area (Å²) in [4.78, 5) is 11.0. The zero-order chi connectivity index (χ0) is 13.4. The van der Waals surface area contributed by atoms with Gasteiger partial charge >= 0.3 is 0 Å². The Hall–Kier alpha value is -2.22. The van der Waals surface area contributed by atoms with Crippen LogP contribution in [0.5, 0.6) is 11.5 Å². The first-order valence-electron chi connectivity index (χ1n) is 5.62. The predicted octanol–water partition coefficient (Wildman–Crippen LogP) is 1.47. The van der Waals surface area contributed by atoms with Gasteiger partial charge in [0.2, 0.25) is 5.91 Å². The van der Waals surface area contributed by atoms with Crippen LogP contribution < -0.4 is 14.8 Å². The second kappa shape index (κ2) is 7.17. The number of hydrogen-bond donors (Lipinski definition) is 1. The molecular weight excluding hydrogens is 232 g/mol. The first kappa shape index (κ1) is 13.8. The van der Waals surface area contributed by atoms with Gasteiger partial charge in [0.25, 0.3) is 0 Å². The van der Waals surface area contributed by atoms with Gasteiger partial charge in [-0.25, -0.2) is 0 Å². The van der Waals surface area contributed by atoms with Gasteiger partial charge in [0.1, 0.15) is 11.5 Å². The highest BCUT2D eigenvalue weighted by molar-refractivity contribution is 5.75. The third kappa shape index (κ3) is 4.34. The van der Waals surface area contributed by atoms with E-state index in [1.54, 1.807) is 25.2 Å². The van der Waals surface area contributed by atoms with E-state index in [1.807, 2.05) is 6.07 Å². The third-order valence-electron chi connectivity index (χ3n) is 2.34. The molecule has 0 aliphatic heterocycles. The Balaban J connectivity index is 2.51. The highest BCUT2D eigenvalue weighted by Gasteiger charge is 2.03. The van der Waals surface area contributed by atoms with E-state index in [-0.39, 0.29) is 5.91 Å². The second-order valence-corrected chi connectivity index (χ2v) is 3.63. The van der Waals surface area contributed by atoms with Crippen LogP contribution in [0.2, 0.25) is 0 Å². The second-order valence-electron chi connectivity index (χ2n) is 3.63. The van der Waals surface area contributed by atoms with Crippen molar-refractivity contribution < 1.29 is 14.3 Å². The minimum absolute atomic E-state index is 0.0121. The van der Waals surface area contributed by atoms with Gasteiger partial charge in [0.15, 0.2) is 0 Å². The molecule has 1 aromatic rings. The van der Waals surface area contributed by atoms with Crippen molar-refractivity contribution in [2.24, 2.45) is 0 Å². The van der Waals surface area contributed by atoms with Gasteiger partial charge < -0.3 is 14.8 Å². The maximum absolute atomic E-state index is 11.0. The van der Waals surface area contributed by atoms with Crippen molar-refractivity contribution in [3.05, 3.63) is 23.8 Å². The highest BCUT2D eigenvalue weighted by Crippen LogP contribution is 2.22. The molecule has 0 aliphatic rings. The Morgan fingerprint density at radius 2 is 2.11 bits per heavy atom. The molecule has 0 fully saturated rings. The van der Waals surface area contributed by atoms with Crippen molar-refractivity contribution in [1.82, 2.24) is 5.32 Å². The molecule has 0 bridgehead atoms. The lowest BCUT2D eigenvalue weighted by atomic mass is 10.2. The summed E-state index contributed by atoms with van der Waals surface area (Å²) in [6, 6.07) is 7.02. The Morgan fingerprint density at radius 1 is 1.39 bits per heavy atom. The number of amides is 1. The molecule has 0 aromatic heterocycles. The number of hydrogen-bond acceptors (Lipinski definition) is 4. The Bertz CT molecular complexity index is 452. The monoisotopic (exact) mass is 248 g/mol. The van der Waals surface area contributed by atoms with Gasteiger partial charge in [-0.3, -0.25) is 4.79 Å². The fraction of sp³-hybridized carbons (Fsp3) is 0.385. The predicted molar refractivity (Wildman–Crippen MR) is 66.5 cm³/mol. The third-order valence-corrected chi connectivity index (χ3v) is 2.34. The van der Waals surface area contributed by atoms with E-state index in [9.17, 15) is 4.79 Å². The maximum Gasteiger partial charge on any atom is 0.219 e. The topological polar surface area (TPSA) is 71.3 Å². The SMILES string of the molecule is CNC(=O)CCCOc1cc(C#N)cc(OC)c1. The lowest BCUT2D eigenvalue weighted by molar-refractivity contribution is -0.120. The van der Waals surface area contributed by atoms with Gasteiger partial charge in [0.05, 0.1) is 25.3 Å². The summed E-state index contributed by atoms with van der Waals surface area (Å²) in [6.45, 7) is 0.422. The van der Waals surface area contributed by atoms with Crippen LogP contribution in [0.4, 0.5) is 0 Å². The summed E-state index contributed by atoms with van der Waals surface area (Å²) < 4.78 is 10.5. The molecule has 0 radical (unpaired) electrons. The number of nitriles is 1. The first-order chi connectivity index (χ1) is 8.69. The van der Waals surface area contributed by atoms with Crippen molar-refractivity contribution in [3.8, 4) is 17.6 Å². The summed E-state index contributed by atoms with van der Waals surface area (Å²) in [6.07, 6.45) is 1.05.